The molecule has 2 aromatic rings. The Labute approximate surface area is 151 Å². The number of fused-ring (bicyclic) bond motifs is 1. The van der Waals surface area contributed by atoms with E-state index in [0.717, 1.165) is 16.3 Å². The summed E-state index contributed by atoms with van der Waals surface area (Å²) in [5.74, 6) is -1.19. The standard InChI is InChI=1S/C19H21O6P/c1-18(2)16(20)22-26(24-18,23-17(21)19(3,4)25-26)12-14-10-7-9-13-8-5-6-11-15(13)14/h5-11H,12H2,1-4H3. The molecule has 1 spiro atoms. The molecular weight excluding hydrogens is 355 g/mol. The molecule has 0 N–H and O–H groups in total. The predicted octanol–water partition coefficient (Wildman–Crippen LogP) is 4.26. The van der Waals surface area contributed by atoms with Gasteiger partial charge in [0.15, 0.2) is 0 Å². The van der Waals surface area contributed by atoms with E-state index >= 15 is 0 Å². The molecule has 2 heterocycles. The monoisotopic (exact) mass is 376 g/mol. The summed E-state index contributed by atoms with van der Waals surface area (Å²) in [6.07, 6.45) is 0.0529. The molecule has 0 atom stereocenters. The Kier molecular flexibility index (Phi) is 3.37. The first-order chi connectivity index (χ1) is 12.0. The number of hydrogen-bond donors (Lipinski definition) is 0. The van der Waals surface area contributed by atoms with Crippen LogP contribution in [0.15, 0.2) is 42.5 Å². The zero-order chi connectivity index (χ0) is 18.8. The van der Waals surface area contributed by atoms with E-state index in [1.165, 1.54) is 0 Å². The molecule has 26 heavy (non-hydrogen) atoms. The second kappa shape index (κ2) is 5.03. The molecule has 0 bridgehead atoms. The van der Waals surface area contributed by atoms with Crippen molar-refractivity contribution in [2.24, 2.45) is 0 Å². The van der Waals surface area contributed by atoms with Crippen molar-refractivity contribution in [2.45, 2.75) is 45.1 Å². The van der Waals surface area contributed by atoms with Crippen LogP contribution in [0.3, 0.4) is 0 Å². The van der Waals surface area contributed by atoms with E-state index in [0.29, 0.717) is 0 Å². The Balaban J connectivity index is 1.89. The van der Waals surface area contributed by atoms with Crippen LogP contribution in [-0.2, 0) is 33.8 Å². The van der Waals surface area contributed by atoms with E-state index in [2.05, 4.69) is 0 Å². The van der Waals surface area contributed by atoms with E-state index in [1.807, 2.05) is 42.5 Å². The third-order valence-electron chi connectivity index (χ3n) is 4.62. The SMILES string of the molecule is CC1(C)OP2(Cc3cccc4ccccc34)(OC1=O)OC(=O)C(C)(C)O2. The zero-order valence-electron chi connectivity index (χ0n) is 15.1. The molecular formula is C19H21O6P. The summed E-state index contributed by atoms with van der Waals surface area (Å²) in [4.78, 5) is 24.9. The molecule has 0 unspecified atom stereocenters. The van der Waals surface area contributed by atoms with Crippen molar-refractivity contribution in [3.63, 3.8) is 0 Å². The van der Waals surface area contributed by atoms with E-state index in [-0.39, 0.29) is 6.16 Å². The fourth-order valence-corrected chi connectivity index (χ4v) is 7.75. The van der Waals surface area contributed by atoms with Crippen LogP contribution in [0.2, 0.25) is 0 Å². The Morgan fingerprint density at radius 2 is 1.35 bits per heavy atom. The van der Waals surface area contributed by atoms with E-state index in [4.69, 9.17) is 18.1 Å². The average molecular weight is 376 g/mol. The van der Waals surface area contributed by atoms with Crippen LogP contribution in [0.4, 0.5) is 0 Å². The molecule has 6 nitrogen and oxygen atoms in total. The molecule has 2 fully saturated rings. The van der Waals surface area contributed by atoms with Crippen molar-refractivity contribution in [2.75, 3.05) is 0 Å². The van der Waals surface area contributed by atoms with Crippen molar-refractivity contribution in [3.05, 3.63) is 48.0 Å². The molecule has 2 aliphatic rings. The summed E-state index contributed by atoms with van der Waals surface area (Å²) in [6.45, 7) is 6.34. The molecule has 0 amide bonds. The van der Waals surface area contributed by atoms with Gasteiger partial charge in [-0.2, -0.15) is 0 Å². The molecule has 0 radical (unpaired) electrons. The van der Waals surface area contributed by atoms with E-state index < -0.39 is 30.7 Å². The number of carbonyl (C=O) groups is 2. The Hall–Kier alpha value is -2.01. The Morgan fingerprint density at radius 1 is 0.808 bits per heavy atom. The third-order valence-corrected chi connectivity index (χ3v) is 8.13. The second-order valence-electron chi connectivity index (χ2n) is 7.72. The average Bonchev–Trinajstić information content (AvgIpc) is 2.85. The molecule has 4 rings (SSSR count). The second-order valence-corrected chi connectivity index (χ2v) is 10.7. The molecule has 7 heteroatoms. The van der Waals surface area contributed by atoms with Crippen molar-refractivity contribution in [1.82, 2.24) is 0 Å². The molecule has 2 aliphatic heterocycles. The minimum atomic E-state index is -4.47. The van der Waals surface area contributed by atoms with Gasteiger partial charge in [0, 0.05) is 0 Å². The quantitative estimate of drug-likeness (QED) is 0.730. The molecule has 2 saturated heterocycles. The first-order valence-electron chi connectivity index (χ1n) is 8.45. The van der Waals surface area contributed by atoms with Gasteiger partial charge in [0.05, 0.1) is 0 Å². The fourth-order valence-electron chi connectivity index (χ4n) is 3.45. The summed E-state index contributed by atoms with van der Waals surface area (Å²) in [6, 6.07) is 13.6. The van der Waals surface area contributed by atoms with Gasteiger partial charge in [-0.1, -0.05) is 0 Å². The predicted molar refractivity (Wildman–Crippen MR) is 97.1 cm³/mol. The summed E-state index contributed by atoms with van der Waals surface area (Å²) in [5.41, 5.74) is -1.69. The molecule has 138 valence electrons. The number of hydrogen-bond acceptors (Lipinski definition) is 6. The van der Waals surface area contributed by atoms with Gasteiger partial charge in [-0.25, -0.2) is 0 Å². The Bertz CT molecular complexity index is 907. The minimum absolute atomic E-state index is 0.0529. The van der Waals surface area contributed by atoms with Gasteiger partial charge in [0.25, 0.3) is 0 Å². The molecule has 0 saturated carbocycles. The number of carbonyl (C=O) groups excluding carboxylic acids is 2. The van der Waals surface area contributed by atoms with Crippen LogP contribution in [0.1, 0.15) is 33.3 Å². The van der Waals surface area contributed by atoms with Gasteiger partial charge in [0.2, 0.25) is 0 Å². The van der Waals surface area contributed by atoms with Crippen LogP contribution in [-0.4, -0.2) is 23.1 Å². The van der Waals surface area contributed by atoms with Gasteiger partial charge < -0.3 is 0 Å². The first-order valence-corrected chi connectivity index (χ1v) is 10.5. The summed E-state index contributed by atoms with van der Waals surface area (Å²) >= 11 is 0. The number of rotatable bonds is 2. The van der Waals surface area contributed by atoms with E-state index in [9.17, 15) is 9.59 Å². The van der Waals surface area contributed by atoms with Gasteiger partial charge in [-0.15, -0.1) is 0 Å². The molecule has 2 aromatic carbocycles. The first kappa shape index (κ1) is 17.4. The maximum atomic E-state index is 12.4. The number of benzene rings is 2. The van der Waals surface area contributed by atoms with Gasteiger partial charge >= 0.3 is 151 Å². The fraction of sp³-hybridized carbons (Fsp3) is 0.368. The topological polar surface area (TPSA) is 71.1 Å². The molecule has 0 aromatic heterocycles. The normalized spacial score (nSPS) is 26.2. The van der Waals surface area contributed by atoms with Crippen molar-refractivity contribution >= 4 is 30.2 Å². The zero-order valence-corrected chi connectivity index (χ0v) is 16.0. The van der Waals surface area contributed by atoms with E-state index in [1.54, 1.807) is 27.7 Å². The summed E-state index contributed by atoms with van der Waals surface area (Å²) < 4.78 is 23.5. The van der Waals surface area contributed by atoms with Crippen molar-refractivity contribution in [1.29, 1.82) is 0 Å². The summed E-state index contributed by atoms with van der Waals surface area (Å²) in [7, 11) is -4.47. The molecule has 0 aliphatic carbocycles. The van der Waals surface area contributed by atoms with Crippen LogP contribution >= 0.6 is 7.51 Å². The van der Waals surface area contributed by atoms with Gasteiger partial charge in [0.1, 0.15) is 0 Å². The van der Waals surface area contributed by atoms with Crippen LogP contribution in [0.25, 0.3) is 10.8 Å². The summed E-state index contributed by atoms with van der Waals surface area (Å²) in [5, 5.41) is 1.99. The van der Waals surface area contributed by atoms with Gasteiger partial charge in [-0.3, -0.25) is 0 Å². The Morgan fingerprint density at radius 3 is 1.88 bits per heavy atom. The van der Waals surface area contributed by atoms with Crippen molar-refractivity contribution in [3.8, 4) is 0 Å². The third kappa shape index (κ3) is 2.44. The van der Waals surface area contributed by atoms with Gasteiger partial charge in [-0.05, 0) is 0 Å². The van der Waals surface area contributed by atoms with Crippen LogP contribution in [0.5, 0.6) is 0 Å². The van der Waals surface area contributed by atoms with Crippen molar-refractivity contribution < 1.29 is 27.7 Å². The maximum absolute atomic E-state index is 12.4. The van der Waals surface area contributed by atoms with Crippen LogP contribution < -0.4 is 0 Å². The van der Waals surface area contributed by atoms with Crippen LogP contribution in [0, 0.1) is 0 Å².